The molecule has 2 N–H and O–H groups in total. The second-order valence-corrected chi connectivity index (χ2v) is 6.67. The minimum atomic E-state index is -3.28. The predicted molar refractivity (Wildman–Crippen MR) is 75.8 cm³/mol. The largest absolute Gasteiger partial charge is 0.396 e. The van der Waals surface area contributed by atoms with E-state index in [1.807, 2.05) is 32.1 Å². The molecule has 5 nitrogen and oxygen atoms in total. The van der Waals surface area contributed by atoms with Gasteiger partial charge in [0, 0.05) is 26.4 Å². The first-order valence-electron chi connectivity index (χ1n) is 5.68. The average Bonchev–Trinajstić information content (AvgIpc) is 2.24. The molecule has 0 saturated carbocycles. The van der Waals surface area contributed by atoms with Crippen LogP contribution in [-0.4, -0.2) is 53.8 Å². The molecule has 0 aliphatic carbocycles. The van der Waals surface area contributed by atoms with E-state index in [4.69, 9.17) is 5.73 Å². The second kappa shape index (κ2) is 5.58. The van der Waals surface area contributed by atoms with Gasteiger partial charge in [0.1, 0.15) is 0 Å². The second-order valence-electron chi connectivity index (χ2n) is 4.69. The number of para-hydroxylation sites is 1. The Morgan fingerprint density at radius 1 is 1.17 bits per heavy atom. The molecule has 0 heterocycles. The van der Waals surface area contributed by atoms with Crippen molar-refractivity contribution in [2.24, 2.45) is 0 Å². The molecule has 0 unspecified atom stereocenters. The molecule has 0 radical (unpaired) electrons. The summed E-state index contributed by atoms with van der Waals surface area (Å²) in [5.41, 5.74) is 7.01. The number of nitrogens with two attached hydrogens (primary N) is 1. The first-order valence-corrected chi connectivity index (χ1v) is 7.57. The minimum Gasteiger partial charge on any atom is -0.396 e. The molecule has 0 aliphatic rings. The normalized spacial score (nSPS) is 11.8. The molecule has 18 heavy (non-hydrogen) atoms. The lowest BCUT2D eigenvalue weighted by molar-refractivity contribution is 0.416. The Morgan fingerprint density at radius 3 is 2.28 bits per heavy atom. The third-order valence-electron chi connectivity index (χ3n) is 2.74. The Kier molecular flexibility index (Phi) is 4.59. The van der Waals surface area contributed by atoms with Gasteiger partial charge in [0.15, 0.2) is 9.84 Å². The molecular formula is C12H21N3O2S. The highest BCUT2D eigenvalue weighted by Gasteiger charge is 2.15. The molecule has 0 atom stereocenters. The number of nitrogens with zero attached hydrogens (tertiary/aromatic N) is 2. The maximum atomic E-state index is 11.6. The lowest BCUT2D eigenvalue weighted by atomic mass is 10.2. The predicted octanol–water partition coefficient (Wildman–Crippen LogP) is 0.670. The van der Waals surface area contributed by atoms with Crippen LogP contribution in [0, 0.1) is 0 Å². The summed E-state index contributed by atoms with van der Waals surface area (Å²) < 4.78 is 23.2. The quantitative estimate of drug-likeness (QED) is 0.797. The number of anilines is 2. The summed E-state index contributed by atoms with van der Waals surface area (Å²) in [7, 11) is 2.60. The van der Waals surface area contributed by atoms with E-state index in [1.54, 1.807) is 6.07 Å². The fraction of sp³-hybridized carbons (Fsp3) is 0.500. The summed E-state index contributed by atoms with van der Waals surface area (Å²) >= 11 is 0. The maximum Gasteiger partial charge on any atom is 0.177 e. The number of hydrogen-bond acceptors (Lipinski definition) is 5. The van der Waals surface area contributed by atoms with Gasteiger partial charge < -0.3 is 15.5 Å². The van der Waals surface area contributed by atoms with Gasteiger partial charge in [-0.25, -0.2) is 8.42 Å². The summed E-state index contributed by atoms with van der Waals surface area (Å²) in [6.45, 7) is 1.66. The Balaban J connectivity index is 3.04. The van der Waals surface area contributed by atoms with Crippen LogP contribution in [-0.2, 0) is 9.84 Å². The Morgan fingerprint density at radius 2 is 1.78 bits per heavy atom. The SMILES string of the molecule is CN(C)CCN(C)c1cccc(S(C)(=O)=O)c1N. The number of benzene rings is 1. The summed E-state index contributed by atoms with van der Waals surface area (Å²) in [5, 5.41) is 0. The zero-order valence-corrected chi connectivity index (χ0v) is 12.2. The Bertz CT molecular complexity index is 512. The van der Waals surface area contributed by atoms with Gasteiger partial charge in [-0.1, -0.05) is 6.07 Å². The maximum absolute atomic E-state index is 11.6. The molecule has 0 saturated heterocycles. The van der Waals surface area contributed by atoms with Gasteiger partial charge in [0.25, 0.3) is 0 Å². The third-order valence-corrected chi connectivity index (χ3v) is 3.89. The van der Waals surface area contributed by atoms with Crippen molar-refractivity contribution in [3.8, 4) is 0 Å². The molecule has 0 aliphatic heterocycles. The zero-order chi connectivity index (χ0) is 13.9. The molecule has 6 heteroatoms. The molecule has 0 amide bonds. The number of rotatable bonds is 5. The monoisotopic (exact) mass is 271 g/mol. The summed E-state index contributed by atoms with van der Waals surface area (Å²) in [5.74, 6) is 0. The molecule has 0 aromatic heterocycles. The third kappa shape index (κ3) is 3.61. The molecule has 0 spiro atoms. The number of likely N-dealkylation sites (N-methyl/N-ethyl adjacent to an activating group) is 2. The summed E-state index contributed by atoms with van der Waals surface area (Å²) in [6.07, 6.45) is 1.17. The summed E-state index contributed by atoms with van der Waals surface area (Å²) in [6, 6.07) is 5.09. The first-order chi connectivity index (χ1) is 8.23. The molecular weight excluding hydrogens is 250 g/mol. The van der Waals surface area contributed by atoms with Crippen molar-refractivity contribution < 1.29 is 8.42 Å². The lowest BCUT2D eigenvalue weighted by Gasteiger charge is -2.23. The van der Waals surface area contributed by atoms with Gasteiger partial charge in [-0.05, 0) is 26.2 Å². The number of nitrogen functional groups attached to an aromatic ring is 1. The van der Waals surface area contributed by atoms with Crippen LogP contribution in [0.2, 0.25) is 0 Å². The molecule has 0 fully saturated rings. The fourth-order valence-electron chi connectivity index (χ4n) is 1.66. The van der Waals surface area contributed by atoms with Crippen LogP contribution in [0.25, 0.3) is 0 Å². The van der Waals surface area contributed by atoms with Crippen molar-refractivity contribution in [1.29, 1.82) is 0 Å². The van der Waals surface area contributed by atoms with E-state index in [0.717, 1.165) is 18.8 Å². The van der Waals surface area contributed by atoms with Crippen LogP contribution >= 0.6 is 0 Å². The Labute approximate surface area is 109 Å². The molecule has 1 aromatic carbocycles. The van der Waals surface area contributed by atoms with E-state index in [2.05, 4.69) is 4.90 Å². The van der Waals surface area contributed by atoms with E-state index in [1.165, 1.54) is 12.3 Å². The fourth-order valence-corrected chi connectivity index (χ4v) is 2.49. The molecule has 1 rings (SSSR count). The van der Waals surface area contributed by atoms with E-state index in [0.29, 0.717) is 5.69 Å². The summed E-state index contributed by atoms with van der Waals surface area (Å²) in [4.78, 5) is 4.22. The van der Waals surface area contributed by atoms with Crippen molar-refractivity contribution >= 4 is 21.2 Å². The van der Waals surface area contributed by atoms with Crippen LogP contribution in [0.1, 0.15) is 0 Å². The molecule has 102 valence electrons. The van der Waals surface area contributed by atoms with Gasteiger partial charge in [-0.15, -0.1) is 0 Å². The van der Waals surface area contributed by atoms with Crippen molar-refractivity contribution in [2.75, 3.05) is 51.1 Å². The van der Waals surface area contributed by atoms with Crippen LogP contribution in [0.15, 0.2) is 23.1 Å². The Hall–Kier alpha value is -1.27. The molecule has 1 aromatic rings. The van der Waals surface area contributed by atoms with Crippen LogP contribution < -0.4 is 10.6 Å². The highest BCUT2D eigenvalue weighted by molar-refractivity contribution is 7.90. The number of sulfone groups is 1. The topological polar surface area (TPSA) is 66.6 Å². The minimum absolute atomic E-state index is 0.191. The standard InChI is InChI=1S/C12H21N3O2S/c1-14(2)8-9-15(3)10-6-5-7-11(12(10)13)18(4,16)17/h5-7H,8-9,13H2,1-4H3. The van der Waals surface area contributed by atoms with Gasteiger partial charge in [0.05, 0.1) is 16.3 Å². The van der Waals surface area contributed by atoms with E-state index in [-0.39, 0.29) is 4.90 Å². The van der Waals surface area contributed by atoms with Crippen LogP contribution in [0.5, 0.6) is 0 Å². The number of hydrogen-bond donors (Lipinski definition) is 1. The smallest absolute Gasteiger partial charge is 0.177 e. The molecule has 0 bridgehead atoms. The van der Waals surface area contributed by atoms with Gasteiger partial charge >= 0.3 is 0 Å². The average molecular weight is 271 g/mol. The van der Waals surface area contributed by atoms with Gasteiger partial charge in [-0.2, -0.15) is 0 Å². The van der Waals surface area contributed by atoms with Gasteiger partial charge in [0.2, 0.25) is 0 Å². The van der Waals surface area contributed by atoms with Gasteiger partial charge in [-0.3, -0.25) is 0 Å². The highest BCUT2D eigenvalue weighted by atomic mass is 32.2. The highest BCUT2D eigenvalue weighted by Crippen LogP contribution is 2.28. The zero-order valence-electron chi connectivity index (χ0n) is 11.3. The van der Waals surface area contributed by atoms with Crippen LogP contribution in [0.4, 0.5) is 11.4 Å². The van der Waals surface area contributed by atoms with Crippen molar-refractivity contribution in [2.45, 2.75) is 4.90 Å². The van der Waals surface area contributed by atoms with Crippen molar-refractivity contribution in [1.82, 2.24) is 4.90 Å². The lowest BCUT2D eigenvalue weighted by Crippen LogP contribution is -2.29. The van der Waals surface area contributed by atoms with E-state index < -0.39 is 9.84 Å². The van der Waals surface area contributed by atoms with Crippen molar-refractivity contribution in [3.05, 3.63) is 18.2 Å². The first kappa shape index (κ1) is 14.8. The van der Waals surface area contributed by atoms with Crippen molar-refractivity contribution in [3.63, 3.8) is 0 Å². The van der Waals surface area contributed by atoms with E-state index in [9.17, 15) is 8.42 Å². The van der Waals surface area contributed by atoms with Crippen LogP contribution in [0.3, 0.4) is 0 Å². The van der Waals surface area contributed by atoms with E-state index >= 15 is 0 Å².